The molecule has 0 aromatic heterocycles. The number of amides is 1. The van der Waals surface area contributed by atoms with Gasteiger partial charge in [-0.15, -0.1) is 0 Å². The van der Waals surface area contributed by atoms with Crippen LogP contribution in [0.25, 0.3) is 0 Å². The van der Waals surface area contributed by atoms with Gasteiger partial charge >= 0.3 is 0 Å². The van der Waals surface area contributed by atoms with E-state index in [1.807, 2.05) is 63.2 Å². The molecule has 0 heterocycles. The number of aliphatic hydroxyl groups is 1. The molecule has 0 unspecified atom stereocenters. The molecular weight excluding hydrogens is 310 g/mol. The Labute approximate surface area is 151 Å². The van der Waals surface area contributed by atoms with Crippen LogP contribution in [0.1, 0.15) is 49.8 Å². The third-order valence-electron chi connectivity index (χ3n) is 4.29. The van der Waals surface area contributed by atoms with Gasteiger partial charge in [0, 0.05) is 6.61 Å². The van der Waals surface area contributed by atoms with E-state index in [0.717, 1.165) is 31.2 Å². The van der Waals surface area contributed by atoms with Crippen LogP contribution in [-0.4, -0.2) is 17.6 Å². The lowest BCUT2D eigenvalue weighted by Gasteiger charge is -2.10. The van der Waals surface area contributed by atoms with Crippen LogP contribution >= 0.6 is 0 Å². The number of hydrogen-bond donors (Lipinski definition) is 2. The molecule has 1 aliphatic rings. The zero-order chi connectivity index (χ0) is 18.7. The summed E-state index contributed by atoms with van der Waals surface area (Å²) in [6.07, 6.45) is 3.66. The Balaban J connectivity index is 0.000000235. The van der Waals surface area contributed by atoms with Crippen molar-refractivity contribution in [1.82, 2.24) is 0 Å². The normalized spacial score (nSPS) is 13.6. The van der Waals surface area contributed by atoms with Crippen molar-refractivity contribution in [3.63, 3.8) is 0 Å². The molecule has 1 amide bonds. The second kappa shape index (κ2) is 10.7. The van der Waals surface area contributed by atoms with Crippen LogP contribution in [0.4, 0.5) is 0 Å². The molecular formula is C22H31NO2. The van der Waals surface area contributed by atoms with E-state index in [9.17, 15) is 4.79 Å². The van der Waals surface area contributed by atoms with Gasteiger partial charge in [0.05, 0.1) is 5.41 Å². The summed E-state index contributed by atoms with van der Waals surface area (Å²) in [6.45, 7) is 6.32. The number of aryl methyl sites for hydroxylation is 2. The zero-order valence-electron chi connectivity index (χ0n) is 15.7. The van der Waals surface area contributed by atoms with Crippen molar-refractivity contribution in [3.8, 4) is 0 Å². The second-order valence-electron chi connectivity index (χ2n) is 6.13. The van der Waals surface area contributed by atoms with Gasteiger partial charge in [0.25, 0.3) is 0 Å². The smallest absolute Gasteiger partial charge is 0.228 e. The first-order chi connectivity index (χ1) is 12.1. The minimum absolute atomic E-state index is 0.184. The fourth-order valence-corrected chi connectivity index (χ4v) is 2.60. The van der Waals surface area contributed by atoms with Crippen LogP contribution in [0.2, 0.25) is 0 Å². The number of carbonyl (C=O) groups is 1. The van der Waals surface area contributed by atoms with E-state index in [1.165, 1.54) is 11.1 Å². The van der Waals surface area contributed by atoms with E-state index in [1.54, 1.807) is 0 Å². The fourth-order valence-electron chi connectivity index (χ4n) is 2.60. The Hall–Kier alpha value is -2.13. The lowest BCUT2D eigenvalue weighted by Crippen LogP contribution is -2.28. The van der Waals surface area contributed by atoms with E-state index >= 15 is 0 Å². The highest BCUT2D eigenvalue weighted by molar-refractivity contribution is 5.89. The van der Waals surface area contributed by atoms with Gasteiger partial charge in [-0.05, 0) is 43.7 Å². The molecule has 0 saturated heterocycles. The molecule has 1 aliphatic carbocycles. The molecule has 3 nitrogen and oxygen atoms in total. The molecule has 2 aromatic rings. The molecule has 0 radical (unpaired) electrons. The standard InChI is InChI=1S/C11H13NO.C9H12O.C2H6/c1-8-2-4-9(5-3-8)11(6-7-11)10(12)13;10-8-4-7-9-5-2-1-3-6-9;1-2/h2-5H,6-7H2,1H3,(H2,12,13);1-3,5-6,10H,4,7-8H2;1-2H3. The Morgan fingerprint density at radius 1 is 1.04 bits per heavy atom. The van der Waals surface area contributed by atoms with Crippen LogP contribution in [-0.2, 0) is 16.6 Å². The van der Waals surface area contributed by atoms with Gasteiger partial charge in [-0.25, -0.2) is 0 Å². The fraction of sp³-hybridized carbons (Fsp3) is 0.409. The largest absolute Gasteiger partial charge is 0.396 e. The third-order valence-corrected chi connectivity index (χ3v) is 4.29. The SMILES string of the molecule is CC.Cc1ccc(C2(C(N)=O)CC2)cc1.OCCCc1ccccc1. The molecule has 0 bridgehead atoms. The van der Waals surface area contributed by atoms with E-state index in [4.69, 9.17) is 10.8 Å². The molecule has 0 spiro atoms. The van der Waals surface area contributed by atoms with Crippen LogP contribution in [0.3, 0.4) is 0 Å². The highest BCUT2D eigenvalue weighted by atomic mass is 16.2. The van der Waals surface area contributed by atoms with Gasteiger partial charge in [-0.2, -0.15) is 0 Å². The number of nitrogens with two attached hydrogens (primary N) is 1. The number of aliphatic hydroxyl groups excluding tert-OH is 1. The first kappa shape index (κ1) is 20.9. The van der Waals surface area contributed by atoms with Crippen molar-refractivity contribution in [2.45, 2.75) is 51.9 Å². The van der Waals surface area contributed by atoms with Crippen LogP contribution in [0, 0.1) is 6.92 Å². The maximum atomic E-state index is 11.2. The minimum atomic E-state index is -0.326. The molecule has 0 aliphatic heterocycles. The van der Waals surface area contributed by atoms with Crippen molar-refractivity contribution in [3.05, 3.63) is 71.3 Å². The predicted molar refractivity (Wildman–Crippen MR) is 104 cm³/mol. The van der Waals surface area contributed by atoms with E-state index in [0.29, 0.717) is 0 Å². The topological polar surface area (TPSA) is 63.3 Å². The molecule has 136 valence electrons. The summed E-state index contributed by atoms with van der Waals surface area (Å²) in [5, 5.41) is 8.53. The summed E-state index contributed by atoms with van der Waals surface area (Å²) >= 11 is 0. The van der Waals surface area contributed by atoms with Gasteiger partial charge in [0.1, 0.15) is 0 Å². The Morgan fingerprint density at radius 3 is 2.04 bits per heavy atom. The summed E-state index contributed by atoms with van der Waals surface area (Å²) in [6, 6.07) is 18.3. The second-order valence-corrected chi connectivity index (χ2v) is 6.13. The maximum absolute atomic E-state index is 11.2. The molecule has 2 aromatic carbocycles. The number of benzene rings is 2. The summed E-state index contributed by atoms with van der Waals surface area (Å²) in [7, 11) is 0. The summed E-state index contributed by atoms with van der Waals surface area (Å²) in [4.78, 5) is 11.2. The van der Waals surface area contributed by atoms with Crippen molar-refractivity contribution in [2.24, 2.45) is 5.73 Å². The quantitative estimate of drug-likeness (QED) is 0.858. The van der Waals surface area contributed by atoms with Crippen LogP contribution < -0.4 is 5.73 Å². The number of primary amides is 1. The Kier molecular flexibility index (Phi) is 8.93. The number of rotatable bonds is 5. The Morgan fingerprint density at radius 2 is 1.60 bits per heavy atom. The van der Waals surface area contributed by atoms with Gasteiger partial charge in [0.2, 0.25) is 5.91 Å². The molecule has 1 fully saturated rings. The van der Waals surface area contributed by atoms with Crippen molar-refractivity contribution in [2.75, 3.05) is 6.61 Å². The molecule has 3 N–H and O–H groups in total. The number of carbonyl (C=O) groups excluding carboxylic acids is 1. The first-order valence-corrected chi connectivity index (χ1v) is 9.10. The maximum Gasteiger partial charge on any atom is 0.228 e. The van der Waals surface area contributed by atoms with Crippen molar-refractivity contribution >= 4 is 5.91 Å². The van der Waals surface area contributed by atoms with E-state index < -0.39 is 0 Å². The highest BCUT2D eigenvalue weighted by Gasteiger charge is 2.49. The van der Waals surface area contributed by atoms with E-state index in [-0.39, 0.29) is 17.9 Å². The first-order valence-electron chi connectivity index (χ1n) is 9.10. The van der Waals surface area contributed by atoms with Crippen molar-refractivity contribution < 1.29 is 9.90 Å². The molecule has 1 saturated carbocycles. The van der Waals surface area contributed by atoms with Crippen LogP contribution in [0.15, 0.2) is 54.6 Å². The average molecular weight is 341 g/mol. The highest BCUT2D eigenvalue weighted by Crippen LogP contribution is 2.47. The lowest BCUT2D eigenvalue weighted by atomic mass is 9.95. The van der Waals surface area contributed by atoms with Gasteiger partial charge in [-0.1, -0.05) is 74.0 Å². The van der Waals surface area contributed by atoms with Gasteiger partial charge < -0.3 is 10.8 Å². The summed E-state index contributed by atoms with van der Waals surface area (Å²) < 4.78 is 0. The van der Waals surface area contributed by atoms with E-state index in [2.05, 4.69) is 12.1 Å². The third kappa shape index (κ3) is 6.35. The lowest BCUT2D eigenvalue weighted by molar-refractivity contribution is -0.120. The number of hydrogen-bond acceptors (Lipinski definition) is 2. The van der Waals surface area contributed by atoms with Crippen LogP contribution in [0.5, 0.6) is 0 Å². The average Bonchev–Trinajstić information content (AvgIpc) is 3.46. The summed E-state index contributed by atoms with van der Waals surface area (Å²) in [5.74, 6) is -0.184. The summed E-state index contributed by atoms with van der Waals surface area (Å²) in [5.41, 5.74) is 8.63. The monoisotopic (exact) mass is 341 g/mol. The van der Waals surface area contributed by atoms with Gasteiger partial charge in [0.15, 0.2) is 0 Å². The predicted octanol–water partition coefficient (Wildman–Crippen LogP) is 4.15. The minimum Gasteiger partial charge on any atom is -0.396 e. The Bertz CT molecular complexity index is 616. The molecule has 25 heavy (non-hydrogen) atoms. The molecule has 3 rings (SSSR count). The molecule has 3 heteroatoms. The molecule has 0 atom stereocenters. The zero-order valence-corrected chi connectivity index (χ0v) is 15.7. The van der Waals surface area contributed by atoms with Crippen molar-refractivity contribution in [1.29, 1.82) is 0 Å². The van der Waals surface area contributed by atoms with Gasteiger partial charge in [-0.3, -0.25) is 4.79 Å².